The van der Waals surface area contributed by atoms with Gasteiger partial charge in [0.15, 0.2) is 0 Å². The van der Waals surface area contributed by atoms with Crippen LogP contribution in [0, 0.1) is 17.7 Å². The average Bonchev–Trinajstić information content (AvgIpc) is 3.27. The van der Waals surface area contributed by atoms with Gasteiger partial charge in [-0.15, -0.1) is 0 Å². The lowest BCUT2D eigenvalue weighted by Crippen LogP contribution is -2.25. The van der Waals surface area contributed by atoms with Gasteiger partial charge < -0.3 is 10.2 Å². The third-order valence-electron chi connectivity index (χ3n) is 4.21. The minimum atomic E-state index is -0.246. The van der Waals surface area contributed by atoms with E-state index in [0.717, 1.165) is 36.3 Å². The van der Waals surface area contributed by atoms with Crippen molar-refractivity contribution >= 4 is 5.82 Å². The summed E-state index contributed by atoms with van der Waals surface area (Å²) in [7, 11) is 2.06. The second kappa shape index (κ2) is 5.08. The first-order chi connectivity index (χ1) is 9.13. The van der Waals surface area contributed by atoms with Gasteiger partial charge in [-0.05, 0) is 37.2 Å². The molecule has 0 aliphatic heterocycles. The molecule has 1 aromatic heterocycles. The van der Waals surface area contributed by atoms with Crippen molar-refractivity contribution < 1.29 is 4.39 Å². The fraction of sp³-hybridized carbons (Fsp3) is 0.667. The molecule has 0 radical (unpaired) electrons. The molecule has 3 rings (SSSR count). The molecule has 0 bridgehead atoms. The fourth-order valence-electron chi connectivity index (χ4n) is 2.58. The van der Waals surface area contributed by atoms with E-state index in [9.17, 15) is 4.39 Å². The molecule has 104 valence electrons. The number of pyridine rings is 1. The first-order valence-electron chi connectivity index (χ1n) is 7.22. The lowest BCUT2D eigenvalue weighted by atomic mass is 10.2. The third kappa shape index (κ3) is 3.24. The van der Waals surface area contributed by atoms with Gasteiger partial charge in [-0.1, -0.05) is 6.92 Å². The van der Waals surface area contributed by atoms with Gasteiger partial charge in [0.25, 0.3) is 0 Å². The van der Waals surface area contributed by atoms with E-state index in [-0.39, 0.29) is 5.82 Å². The highest BCUT2D eigenvalue weighted by atomic mass is 19.1. The summed E-state index contributed by atoms with van der Waals surface area (Å²) in [6.07, 6.45) is 5.12. The number of nitrogens with one attached hydrogen (secondary N) is 1. The molecule has 2 unspecified atom stereocenters. The Balaban J connectivity index is 1.69. The number of aromatic nitrogens is 1. The lowest BCUT2D eigenvalue weighted by Gasteiger charge is -2.21. The van der Waals surface area contributed by atoms with Crippen LogP contribution in [-0.4, -0.2) is 24.6 Å². The van der Waals surface area contributed by atoms with Gasteiger partial charge in [-0.25, -0.2) is 9.37 Å². The third-order valence-corrected chi connectivity index (χ3v) is 4.21. The molecule has 2 fully saturated rings. The SMILES string of the molecule is CC1CC1CN(C)c1ncc(F)cc1CNC1CC1. The number of anilines is 1. The lowest BCUT2D eigenvalue weighted by molar-refractivity contribution is 0.609. The summed E-state index contributed by atoms with van der Waals surface area (Å²) >= 11 is 0. The number of rotatable bonds is 6. The number of hydrogen-bond acceptors (Lipinski definition) is 3. The molecule has 2 atom stereocenters. The van der Waals surface area contributed by atoms with E-state index in [0.29, 0.717) is 6.04 Å². The summed E-state index contributed by atoms with van der Waals surface area (Å²) in [5, 5.41) is 3.44. The molecule has 0 spiro atoms. The number of halogens is 1. The van der Waals surface area contributed by atoms with Crippen molar-refractivity contribution in [2.45, 2.75) is 38.8 Å². The number of hydrogen-bond donors (Lipinski definition) is 1. The molecule has 2 aliphatic rings. The molecule has 0 amide bonds. The Kier molecular flexibility index (Phi) is 3.44. The minimum Gasteiger partial charge on any atom is -0.359 e. The van der Waals surface area contributed by atoms with Gasteiger partial charge in [0.05, 0.1) is 6.20 Å². The van der Waals surface area contributed by atoms with Gasteiger partial charge in [0.2, 0.25) is 0 Å². The zero-order valence-electron chi connectivity index (χ0n) is 11.7. The minimum absolute atomic E-state index is 0.246. The van der Waals surface area contributed by atoms with Crippen molar-refractivity contribution in [3.05, 3.63) is 23.6 Å². The predicted octanol–water partition coefficient (Wildman–Crippen LogP) is 2.56. The van der Waals surface area contributed by atoms with Crippen LogP contribution >= 0.6 is 0 Å². The predicted molar refractivity (Wildman–Crippen MR) is 74.6 cm³/mol. The summed E-state index contributed by atoms with van der Waals surface area (Å²) in [4.78, 5) is 6.47. The Morgan fingerprint density at radius 3 is 2.84 bits per heavy atom. The molecule has 0 saturated heterocycles. The highest BCUT2D eigenvalue weighted by Crippen LogP contribution is 2.38. The summed E-state index contributed by atoms with van der Waals surface area (Å²) in [5.41, 5.74) is 0.975. The zero-order valence-corrected chi connectivity index (χ0v) is 11.7. The molecular formula is C15H22FN3. The zero-order chi connectivity index (χ0) is 13.4. The molecule has 1 heterocycles. The second-order valence-electron chi connectivity index (χ2n) is 6.15. The van der Waals surface area contributed by atoms with Crippen LogP contribution in [-0.2, 0) is 6.54 Å². The first-order valence-corrected chi connectivity index (χ1v) is 7.22. The van der Waals surface area contributed by atoms with Crippen LogP contribution in [0.5, 0.6) is 0 Å². The van der Waals surface area contributed by atoms with Gasteiger partial charge in [0.1, 0.15) is 11.6 Å². The molecule has 2 aliphatic carbocycles. The van der Waals surface area contributed by atoms with Crippen LogP contribution in [0.25, 0.3) is 0 Å². The smallest absolute Gasteiger partial charge is 0.141 e. The van der Waals surface area contributed by atoms with E-state index in [1.54, 1.807) is 6.07 Å². The highest BCUT2D eigenvalue weighted by molar-refractivity contribution is 5.46. The molecule has 1 N–H and O–H groups in total. The van der Waals surface area contributed by atoms with Gasteiger partial charge in [-0.2, -0.15) is 0 Å². The maximum absolute atomic E-state index is 13.4. The average molecular weight is 263 g/mol. The van der Waals surface area contributed by atoms with Gasteiger partial charge >= 0.3 is 0 Å². The van der Waals surface area contributed by atoms with Crippen LogP contribution in [0.4, 0.5) is 10.2 Å². The number of nitrogens with zero attached hydrogens (tertiary/aromatic N) is 2. The van der Waals surface area contributed by atoms with Crippen molar-refractivity contribution in [3.8, 4) is 0 Å². The quantitative estimate of drug-likeness (QED) is 0.855. The first kappa shape index (κ1) is 12.9. The van der Waals surface area contributed by atoms with E-state index in [1.165, 1.54) is 25.5 Å². The van der Waals surface area contributed by atoms with E-state index in [2.05, 4.69) is 29.2 Å². The molecule has 1 aromatic rings. The fourth-order valence-corrected chi connectivity index (χ4v) is 2.58. The largest absolute Gasteiger partial charge is 0.359 e. The molecule has 0 aromatic carbocycles. The Labute approximate surface area is 114 Å². The summed E-state index contributed by atoms with van der Waals surface area (Å²) < 4.78 is 13.4. The van der Waals surface area contributed by atoms with E-state index < -0.39 is 0 Å². The van der Waals surface area contributed by atoms with Crippen molar-refractivity contribution in [1.82, 2.24) is 10.3 Å². The molecule has 4 heteroatoms. The Morgan fingerprint density at radius 1 is 1.47 bits per heavy atom. The van der Waals surface area contributed by atoms with Crippen LogP contribution in [0.1, 0.15) is 31.7 Å². The van der Waals surface area contributed by atoms with Crippen LogP contribution in [0.3, 0.4) is 0 Å². The van der Waals surface area contributed by atoms with E-state index in [4.69, 9.17) is 0 Å². The second-order valence-corrected chi connectivity index (χ2v) is 6.15. The molecular weight excluding hydrogens is 241 g/mol. The highest BCUT2D eigenvalue weighted by Gasteiger charge is 2.33. The van der Waals surface area contributed by atoms with E-state index >= 15 is 0 Å². The maximum Gasteiger partial charge on any atom is 0.141 e. The van der Waals surface area contributed by atoms with Crippen molar-refractivity contribution in [2.24, 2.45) is 11.8 Å². The standard InChI is InChI=1S/C15H22FN3/c1-10-5-12(10)9-19(2)15-11(6-13(16)8-18-15)7-17-14-3-4-14/h6,8,10,12,14,17H,3-5,7,9H2,1-2H3. The molecule has 19 heavy (non-hydrogen) atoms. The summed E-state index contributed by atoms with van der Waals surface area (Å²) in [6.45, 7) is 4.03. The van der Waals surface area contributed by atoms with Crippen LogP contribution < -0.4 is 10.2 Å². The topological polar surface area (TPSA) is 28.2 Å². The van der Waals surface area contributed by atoms with Crippen LogP contribution in [0.15, 0.2) is 12.3 Å². The molecule has 2 saturated carbocycles. The van der Waals surface area contributed by atoms with Crippen molar-refractivity contribution in [1.29, 1.82) is 0 Å². The van der Waals surface area contributed by atoms with Gasteiger partial charge in [-0.3, -0.25) is 0 Å². The monoisotopic (exact) mass is 263 g/mol. The van der Waals surface area contributed by atoms with Gasteiger partial charge in [0, 0.05) is 31.7 Å². The van der Waals surface area contributed by atoms with E-state index in [1.807, 2.05) is 0 Å². The van der Waals surface area contributed by atoms with Crippen LogP contribution in [0.2, 0.25) is 0 Å². The van der Waals surface area contributed by atoms with Crippen molar-refractivity contribution in [2.75, 3.05) is 18.5 Å². The Hall–Kier alpha value is -1.16. The molecule has 3 nitrogen and oxygen atoms in total. The summed E-state index contributed by atoms with van der Waals surface area (Å²) in [6, 6.07) is 2.25. The Morgan fingerprint density at radius 2 is 2.21 bits per heavy atom. The summed E-state index contributed by atoms with van der Waals surface area (Å²) in [5.74, 6) is 2.29. The Bertz CT molecular complexity index is 459. The van der Waals surface area contributed by atoms with Crippen molar-refractivity contribution in [3.63, 3.8) is 0 Å². The maximum atomic E-state index is 13.4. The normalized spacial score (nSPS) is 25.4.